The highest BCUT2D eigenvalue weighted by Crippen LogP contribution is 2.30. The van der Waals surface area contributed by atoms with Gasteiger partial charge in [-0.3, -0.25) is 0 Å². The van der Waals surface area contributed by atoms with Gasteiger partial charge in [-0.25, -0.2) is 0 Å². The van der Waals surface area contributed by atoms with E-state index in [-0.39, 0.29) is 18.2 Å². The van der Waals surface area contributed by atoms with E-state index < -0.39 is 18.5 Å². The molecule has 0 spiro atoms. The van der Waals surface area contributed by atoms with E-state index in [1.54, 1.807) is 19.2 Å². The Morgan fingerprint density at radius 1 is 1.07 bits per heavy atom. The van der Waals surface area contributed by atoms with Crippen molar-refractivity contribution in [2.45, 2.75) is 18.5 Å². The number of aromatic nitrogens is 1. The predicted octanol–water partition coefficient (Wildman–Crippen LogP) is 4.13. The van der Waals surface area contributed by atoms with Gasteiger partial charge >= 0.3 is 6.36 Å². The van der Waals surface area contributed by atoms with Crippen molar-refractivity contribution in [1.29, 1.82) is 0 Å². The van der Waals surface area contributed by atoms with E-state index in [0.717, 1.165) is 10.9 Å². The Hall–Kier alpha value is -2.22. The number of hydrogen-bond acceptors (Lipinski definition) is 3. The summed E-state index contributed by atoms with van der Waals surface area (Å²) in [6, 6.07) is 14.8. The number of nitrogens with one attached hydrogen (secondary N) is 1. The molecule has 8 heteroatoms. The van der Waals surface area contributed by atoms with Crippen molar-refractivity contribution in [2.24, 2.45) is 0 Å². The molecule has 4 nitrogen and oxygen atoms in total. The lowest BCUT2D eigenvalue weighted by Crippen LogP contribution is -2.33. The minimum atomic E-state index is -4.73. The minimum Gasteiger partial charge on any atom is -0.406 e. The summed E-state index contributed by atoms with van der Waals surface area (Å²) in [6.07, 6.45) is -3.64. The first-order valence-corrected chi connectivity index (χ1v) is 8.13. The first-order valence-electron chi connectivity index (χ1n) is 8.13. The molecule has 1 aromatic heterocycles. The zero-order valence-corrected chi connectivity index (χ0v) is 15.3. The number of hydrogen-bond donors (Lipinski definition) is 2. The van der Waals surface area contributed by atoms with E-state index in [0.29, 0.717) is 12.1 Å². The topological polar surface area (TPSA) is 46.4 Å². The molecule has 0 aliphatic rings. The zero-order valence-electron chi connectivity index (χ0n) is 14.5. The number of aliphatic hydroxyl groups excluding tert-OH is 1. The highest BCUT2D eigenvalue weighted by Gasteiger charge is 2.31. The number of ether oxygens (including phenoxy) is 1. The summed E-state index contributed by atoms with van der Waals surface area (Å²) in [6.45, 7) is 0.331. The van der Waals surface area contributed by atoms with E-state index in [2.05, 4.69) is 10.1 Å². The van der Waals surface area contributed by atoms with Crippen molar-refractivity contribution in [3.8, 4) is 5.75 Å². The van der Waals surface area contributed by atoms with Crippen molar-refractivity contribution in [3.05, 3.63) is 66.4 Å². The van der Waals surface area contributed by atoms with Gasteiger partial charge in [0, 0.05) is 18.3 Å². The molecule has 0 amide bonds. The van der Waals surface area contributed by atoms with Crippen LogP contribution in [0.4, 0.5) is 13.2 Å². The van der Waals surface area contributed by atoms with E-state index in [1.165, 1.54) is 12.1 Å². The molecular weight excluding hydrogens is 381 g/mol. The second-order valence-electron chi connectivity index (χ2n) is 5.97. The van der Waals surface area contributed by atoms with Crippen LogP contribution in [0.1, 0.15) is 11.6 Å². The number of benzene rings is 2. The van der Waals surface area contributed by atoms with Crippen LogP contribution >= 0.6 is 12.4 Å². The molecule has 3 rings (SSSR count). The Bertz CT molecular complexity index is 865. The lowest BCUT2D eigenvalue weighted by molar-refractivity contribution is -0.274. The maximum absolute atomic E-state index is 12.4. The van der Waals surface area contributed by atoms with Gasteiger partial charge in [-0.15, -0.1) is 25.6 Å². The first kappa shape index (κ1) is 21.1. The van der Waals surface area contributed by atoms with Crippen LogP contribution in [0.5, 0.6) is 5.75 Å². The van der Waals surface area contributed by atoms with Gasteiger partial charge in [0.15, 0.2) is 0 Å². The maximum atomic E-state index is 12.4. The number of rotatable bonds is 6. The third-order valence-corrected chi connectivity index (χ3v) is 4.16. The number of aliphatic hydroxyl groups is 1. The number of fused-ring (bicyclic) bond motifs is 1. The van der Waals surface area contributed by atoms with Gasteiger partial charge in [0.25, 0.3) is 0 Å². The predicted molar refractivity (Wildman–Crippen MR) is 100 cm³/mol. The first-order chi connectivity index (χ1) is 12.4. The Morgan fingerprint density at radius 3 is 2.37 bits per heavy atom. The number of likely N-dealkylation sites (N-methyl/N-ethyl adjacent to an activating group) is 1. The molecule has 0 radical (unpaired) electrons. The number of halogens is 4. The largest absolute Gasteiger partial charge is 0.573 e. The molecular formula is C19H20ClF3N2O2. The van der Waals surface area contributed by atoms with Crippen LogP contribution in [0.15, 0.2) is 60.8 Å². The zero-order chi connectivity index (χ0) is 18.7. The minimum absolute atomic E-state index is 0. The fourth-order valence-corrected chi connectivity index (χ4v) is 3.10. The molecule has 27 heavy (non-hydrogen) atoms. The van der Waals surface area contributed by atoms with Crippen LogP contribution in [0.25, 0.3) is 10.9 Å². The maximum Gasteiger partial charge on any atom is 0.573 e. The van der Waals surface area contributed by atoms with Crippen molar-refractivity contribution < 1.29 is 23.0 Å². The van der Waals surface area contributed by atoms with E-state index in [9.17, 15) is 18.3 Å². The van der Waals surface area contributed by atoms with Crippen LogP contribution in [0.2, 0.25) is 0 Å². The highest BCUT2D eigenvalue weighted by molar-refractivity contribution is 5.85. The van der Waals surface area contributed by atoms with Gasteiger partial charge in [0.2, 0.25) is 0 Å². The molecule has 0 saturated carbocycles. The van der Waals surface area contributed by atoms with E-state index in [4.69, 9.17) is 0 Å². The molecule has 0 fully saturated rings. The summed E-state index contributed by atoms with van der Waals surface area (Å²) in [4.78, 5) is 0. The average molecular weight is 401 g/mol. The molecule has 0 unspecified atom stereocenters. The summed E-state index contributed by atoms with van der Waals surface area (Å²) < 4.78 is 42.9. The van der Waals surface area contributed by atoms with E-state index >= 15 is 0 Å². The lowest BCUT2D eigenvalue weighted by Gasteiger charge is -2.26. The summed E-state index contributed by atoms with van der Waals surface area (Å²) in [5.74, 6) is -0.291. The highest BCUT2D eigenvalue weighted by atomic mass is 35.5. The third-order valence-electron chi connectivity index (χ3n) is 4.16. The summed E-state index contributed by atoms with van der Waals surface area (Å²) in [5.41, 5.74) is 1.62. The van der Waals surface area contributed by atoms with Crippen LogP contribution in [0, 0.1) is 0 Å². The van der Waals surface area contributed by atoms with Crippen molar-refractivity contribution in [1.82, 2.24) is 9.88 Å². The van der Waals surface area contributed by atoms with Gasteiger partial charge in [0.1, 0.15) is 5.75 Å². The second kappa shape index (κ2) is 8.65. The molecule has 0 aliphatic heterocycles. The number of alkyl halides is 3. The van der Waals surface area contributed by atoms with Gasteiger partial charge < -0.3 is 19.7 Å². The molecule has 0 saturated heterocycles. The molecule has 0 aliphatic carbocycles. The molecule has 2 aromatic carbocycles. The summed E-state index contributed by atoms with van der Waals surface area (Å²) >= 11 is 0. The Balaban J connectivity index is 0.00000261. The quantitative estimate of drug-likeness (QED) is 0.654. The molecule has 0 bridgehead atoms. The molecule has 1 heterocycles. The van der Waals surface area contributed by atoms with Gasteiger partial charge in [-0.2, -0.15) is 0 Å². The normalized spacial score (nSPS) is 13.8. The smallest absolute Gasteiger partial charge is 0.406 e. The fraction of sp³-hybridized carbons (Fsp3) is 0.263. The Kier molecular flexibility index (Phi) is 6.75. The Morgan fingerprint density at radius 2 is 1.74 bits per heavy atom. The Labute approximate surface area is 161 Å². The summed E-state index contributed by atoms with van der Waals surface area (Å²) in [5, 5.41) is 14.6. The van der Waals surface area contributed by atoms with Crippen molar-refractivity contribution in [3.63, 3.8) is 0 Å². The molecule has 3 aromatic rings. The monoisotopic (exact) mass is 400 g/mol. The van der Waals surface area contributed by atoms with Gasteiger partial charge in [-0.05, 0) is 42.3 Å². The second-order valence-corrected chi connectivity index (χ2v) is 5.97. The van der Waals surface area contributed by atoms with E-state index in [1.807, 2.05) is 41.1 Å². The fourth-order valence-electron chi connectivity index (χ4n) is 3.10. The van der Waals surface area contributed by atoms with Gasteiger partial charge in [-0.1, -0.05) is 30.3 Å². The summed E-state index contributed by atoms with van der Waals surface area (Å²) in [7, 11) is 1.73. The van der Waals surface area contributed by atoms with Crippen LogP contribution in [0.3, 0.4) is 0 Å². The average Bonchev–Trinajstić information content (AvgIpc) is 3.00. The standard InChI is InChI=1S/C19H19F3N2O2.ClH/c1-23-12-17(25)18(24-11-10-13-4-2-3-5-16(13)24)14-6-8-15(9-7-14)26-19(20,21)22;/h2-11,17-18,23,25H,12H2,1H3;1H/t17-,18-;/m1./s1. The SMILES string of the molecule is CNC[C@@H](O)[C@@H](c1ccc(OC(F)(F)F)cc1)n1ccc2ccccc21.Cl. The molecule has 2 N–H and O–H groups in total. The van der Waals surface area contributed by atoms with Crippen molar-refractivity contribution in [2.75, 3.05) is 13.6 Å². The number of nitrogens with zero attached hydrogens (tertiary/aromatic N) is 1. The third kappa shape index (κ3) is 4.94. The van der Waals surface area contributed by atoms with Crippen LogP contribution < -0.4 is 10.1 Å². The van der Waals surface area contributed by atoms with Crippen molar-refractivity contribution >= 4 is 23.3 Å². The number of para-hydroxylation sites is 1. The van der Waals surface area contributed by atoms with Crippen LogP contribution in [-0.4, -0.2) is 35.7 Å². The lowest BCUT2D eigenvalue weighted by atomic mass is 10.0. The van der Waals surface area contributed by atoms with Crippen LogP contribution in [-0.2, 0) is 0 Å². The molecule has 2 atom stereocenters. The molecule has 146 valence electrons. The van der Waals surface area contributed by atoms with Gasteiger partial charge in [0.05, 0.1) is 12.1 Å².